The van der Waals surface area contributed by atoms with Crippen molar-refractivity contribution < 1.29 is 9.13 Å². The van der Waals surface area contributed by atoms with Crippen molar-refractivity contribution in [2.45, 2.75) is 6.42 Å². The second kappa shape index (κ2) is 6.36. The van der Waals surface area contributed by atoms with E-state index in [2.05, 4.69) is 10.2 Å². The number of benzene rings is 1. The number of hydrogen-bond donors (Lipinski definition) is 1. The molecule has 0 aromatic heterocycles. The summed E-state index contributed by atoms with van der Waals surface area (Å²) in [5.74, 6) is 0.282. The molecule has 0 atom stereocenters. The molecule has 0 unspecified atom stereocenters. The van der Waals surface area contributed by atoms with E-state index >= 15 is 0 Å². The van der Waals surface area contributed by atoms with Crippen LogP contribution in [-0.4, -0.2) is 44.7 Å². The van der Waals surface area contributed by atoms with Gasteiger partial charge in [0.2, 0.25) is 0 Å². The van der Waals surface area contributed by atoms with Gasteiger partial charge >= 0.3 is 0 Å². The molecule has 1 fully saturated rings. The molecule has 0 saturated carbocycles. The van der Waals surface area contributed by atoms with E-state index in [0.29, 0.717) is 10.8 Å². The molecule has 5 heteroatoms. The lowest BCUT2D eigenvalue weighted by atomic mass is 10.1. The Morgan fingerprint density at radius 2 is 2.11 bits per heavy atom. The summed E-state index contributed by atoms with van der Waals surface area (Å²) in [6.07, 6.45) is 0.751. The van der Waals surface area contributed by atoms with Crippen LogP contribution in [-0.2, 0) is 6.42 Å². The van der Waals surface area contributed by atoms with Gasteiger partial charge in [0.15, 0.2) is 0 Å². The molecule has 100 valence electrons. The molecule has 1 aromatic rings. The standard InChI is InChI=1S/C13H18ClFN2O/c1-18-13-10(8-11(15)9-12(13)14)2-5-17-6-3-16-4-7-17/h8-9,16H,2-7H2,1H3. The Kier molecular flexibility index (Phi) is 4.80. The van der Waals surface area contributed by atoms with Gasteiger partial charge in [0.1, 0.15) is 11.6 Å². The fourth-order valence-corrected chi connectivity index (χ4v) is 2.54. The number of nitrogens with one attached hydrogen (secondary N) is 1. The zero-order valence-electron chi connectivity index (χ0n) is 10.5. The predicted molar refractivity (Wildman–Crippen MR) is 71.0 cm³/mol. The third-order valence-corrected chi connectivity index (χ3v) is 3.48. The Bertz CT molecular complexity index is 408. The number of methoxy groups -OCH3 is 1. The number of piperazine rings is 1. The van der Waals surface area contributed by atoms with Crippen molar-refractivity contribution in [3.05, 3.63) is 28.5 Å². The Morgan fingerprint density at radius 1 is 1.39 bits per heavy atom. The van der Waals surface area contributed by atoms with Gasteiger partial charge in [-0.05, 0) is 24.1 Å². The minimum atomic E-state index is -0.309. The lowest BCUT2D eigenvalue weighted by Crippen LogP contribution is -2.44. The third kappa shape index (κ3) is 3.34. The Labute approximate surface area is 112 Å². The molecule has 0 aliphatic carbocycles. The van der Waals surface area contributed by atoms with Gasteiger partial charge in [0.05, 0.1) is 12.1 Å². The van der Waals surface area contributed by atoms with Gasteiger partial charge in [-0.1, -0.05) is 11.6 Å². The van der Waals surface area contributed by atoms with Crippen LogP contribution in [0.5, 0.6) is 5.75 Å². The number of halogens is 2. The van der Waals surface area contributed by atoms with Gasteiger partial charge in [0.25, 0.3) is 0 Å². The average molecular weight is 273 g/mol. The third-order valence-electron chi connectivity index (χ3n) is 3.20. The van der Waals surface area contributed by atoms with E-state index in [0.717, 1.165) is 44.7 Å². The molecule has 0 radical (unpaired) electrons. The summed E-state index contributed by atoms with van der Waals surface area (Å²) in [6.45, 7) is 5.00. The van der Waals surface area contributed by atoms with Crippen LogP contribution in [0, 0.1) is 5.82 Å². The summed E-state index contributed by atoms with van der Waals surface area (Å²) in [6, 6.07) is 2.79. The number of rotatable bonds is 4. The van der Waals surface area contributed by atoms with Gasteiger partial charge < -0.3 is 15.0 Å². The van der Waals surface area contributed by atoms with Crippen molar-refractivity contribution in [3.63, 3.8) is 0 Å². The van der Waals surface area contributed by atoms with E-state index in [4.69, 9.17) is 16.3 Å². The van der Waals surface area contributed by atoms with E-state index in [1.54, 1.807) is 7.11 Å². The molecule has 0 amide bonds. The summed E-state index contributed by atoms with van der Waals surface area (Å²) in [4.78, 5) is 2.36. The zero-order valence-corrected chi connectivity index (χ0v) is 11.3. The van der Waals surface area contributed by atoms with Crippen molar-refractivity contribution in [1.29, 1.82) is 0 Å². The minimum absolute atomic E-state index is 0.309. The fourth-order valence-electron chi connectivity index (χ4n) is 2.24. The van der Waals surface area contributed by atoms with Crippen LogP contribution in [0.4, 0.5) is 4.39 Å². The van der Waals surface area contributed by atoms with Gasteiger partial charge in [-0.15, -0.1) is 0 Å². The molecular weight excluding hydrogens is 255 g/mol. The normalized spacial score (nSPS) is 16.8. The number of ether oxygens (including phenoxy) is 1. The summed E-state index contributed by atoms with van der Waals surface area (Å²) in [5.41, 5.74) is 0.834. The van der Waals surface area contributed by atoms with E-state index in [-0.39, 0.29) is 5.82 Å². The summed E-state index contributed by atoms with van der Waals surface area (Å²) in [5, 5.41) is 3.65. The highest BCUT2D eigenvalue weighted by molar-refractivity contribution is 6.32. The second-order valence-electron chi connectivity index (χ2n) is 4.42. The largest absolute Gasteiger partial charge is 0.495 e. The van der Waals surface area contributed by atoms with Crippen LogP contribution in [0.2, 0.25) is 5.02 Å². The number of nitrogens with zero attached hydrogens (tertiary/aromatic N) is 1. The van der Waals surface area contributed by atoms with Crippen LogP contribution >= 0.6 is 11.6 Å². The SMILES string of the molecule is COc1c(Cl)cc(F)cc1CCN1CCNCC1. The fraction of sp³-hybridized carbons (Fsp3) is 0.538. The first kappa shape index (κ1) is 13.6. The first-order valence-electron chi connectivity index (χ1n) is 6.15. The molecule has 0 spiro atoms. The maximum absolute atomic E-state index is 13.3. The first-order chi connectivity index (χ1) is 8.70. The smallest absolute Gasteiger partial charge is 0.140 e. The molecule has 1 N–H and O–H groups in total. The van der Waals surface area contributed by atoms with E-state index in [1.165, 1.54) is 12.1 Å². The molecular formula is C13H18ClFN2O. The molecule has 18 heavy (non-hydrogen) atoms. The average Bonchev–Trinajstić information content (AvgIpc) is 2.37. The summed E-state index contributed by atoms with van der Waals surface area (Å²) >= 11 is 5.97. The maximum Gasteiger partial charge on any atom is 0.140 e. The van der Waals surface area contributed by atoms with E-state index in [9.17, 15) is 4.39 Å². The van der Waals surface area contributed by atoms with Crippen molar-refractivity contribution in [3.8, 4) is 5.75 Å². The summed E-state index contributed by atoms with van der Waals surface area (Å²) < 4.78 is 18.6. The summed E-state index contributed by atoms with van der Waals surface area (Å²) in [7, 11) is 1.56. The van der Waals surface area contributed by atoms with Crippen molar-refractivity contribution in [1.82, 2.24) is 10.2 Å². The van der Waals surface area contributed by atoms with Gasteiger partial charge in [0, 0.05) is 32.7 Å². The topological polar surface area (TPSA) is 24.5 Å². The highest BCUT2D eigenvalue weighted by Gasteiger charge is 2.13. The molecule has 3 nitrogen and oxygen atoms in total. The van der Waals surface area contributed by atoms with Crippen LogP contribution in [0.3, 0.4) is 0 Å². The molecule has 1 heterocycles. The predicted octanol–water partition coefficient (Wildman–Crippen LogP) is 1.94. The molecule has 1 saturated heterocycles. The quantitative estimate of drug-likeness (QED) is 0.907. The Balaban J connectivity index is 2.03. The van der Waals surface area contributed by atoms with Crippen LogP contribution in [0.25, 0.3) is 0 Å². The number of hydrogen-bond acceptors (Lipinski definition) is 3. The van der Waals surface area contributed by atoms with Crippen LogP contribution < -0.4 is 10.1 Å². The molecule has 0 bridgehead atoms. The Hall–Kier alpha value is -0.840. The van der Waals surface area contributed by atoms with E-state index < -0.39 is 0 Å². The van der Waals surface area contributed by atoms with Crippen LogP contribution in [0.15, 0.2) is 12.1 Å². The van der Waals surface area contributed by atoms with Gasteiger partial charge in [-0.3, -0.25) is 0 Å². The Morgan fingerprint density at radius 3 is 2.78 bits per heavy atom. The maximum atomic E-state index is 13.3. The highest BCUT2D eigenvalue weighted by atomic mass is 35.5. The van der Waals surface area contributed by atoms with E-state index in [1.807, 2.05) is 0 Å². The second-order valence-corrected chi connectivity index (χ2v) is 4.83. The lowest BCUT2D eigenvalue weighted by molar-refractivity contribution is 0.243. The van der Waals surface area contributed by atoms with Crippen LogP contribution in [0.1, 0.15) is 5.56 Å². The zero-order chi connectivity index (χ0) is 13.0. The van der Waals surface area contributed by atoms with Crippen molar-refractivity contribution in [2.24, 2.45) is 0 Å². The monoisotopic (exact) mass is 272 g/mol. The molecule has 1 aliphatic heterocycles. The van der Waals surface area contributed by atoms with Crippen molar-refractivity contribution in [2.75, 3.05) is 39.8 Å². The lowest BCUT2D eigenvalue weighted by Gasteiger charge is -2.27. The highest BCUT2D eigenvalue weighted by Crippen LogP contribution is 2.30. The minimum Gasteiger partial charge on any atom is -0.495 e. The molecule has 2 rings (SSSR count). The molecule has 1 aliphatic rings. The first-order valence-corrected chi connectivity index (χ1v) is 6.53. The molecule has 1 aromatic carbocycles. The van der Waals surface area contributed by atoms with Crippen molar-refractivity contribution >= 4 is 11.6 Å². The van der Waals surface area contributed by atoms with Gasteiger partial charge in [-0.25, -0.2) is 4.39 Å². The van der Waals surface area contributed by atoms with Gasteiger partial charge in [-0.2, -0.15) is 0 Å².